The maximum absolute atomic E-state index is 3.82. The van der Waals surface area contributed by atoms with Gasteiger partial charge in [0.1, 0.15) is 0 Å². The molecule has 0 saturated heterocycles. The van der Waals surface area contributed by atoms with Crippen molar-refractivity contribution >= 4 is 47.4 Å². The largest absolute Gasteiger partial charge is 0.135 e. The van der Waals surface area contributed by atoms with Gasteiger partial charge in [0.25, 0.3) is 0 Å². The van der Waals surface area contributed by atoms with Crippen LogP contribution in [-0.4, -0.2) is 0 Å². The van der Waals surface area contributed by atoms with Gasteiger partial charge in [0.05, 0.1) is 5.41 Å². The van der Waals surface area contributed by atoms with Gasteiger partial charge in [-0.25, -0.2) is 0 Å². The summed E-state index contributed by atoms with van der Waals surface area (Å²) in [5.41, 5.74) is 12.9. The van der Waals surface area contributed by atoms with Gasteiger partial charge in [-0.1, -0.05) is 119 Å². The molecule has 2 aliphatic rings. The number of hydrogen-bond donors (Lipinski definition) is 0. The van der Waals surface area contributed by atoms with Crippen LogP contribution in [0.25, 0.3) is 53.6 Å². The van der Waals surface area contributed by atoms with Gasteiger partial charge in [-0.2, -0.15) is 0 Å². The molecular formula is C37H21BrS. The Labute approximate surface area is 239 Å². The second-order valence-corrected chi connectivity index (χ2v) is 12.5. The van der Waals surface area contributed by atoms with Crippen molar-refractivity contribution < 1.29 is 0 Å². The SMILES string of the molecule is Brc1ccc2c(c1)-c1ccccc1-c1ccccc1C21c2ccccc2-c2c1ccc1sc3ccccc3c21. The summed E-state index contributed by atoms with van der Waals surface area (Å²) >= 11 is 5.72. The van der Waals surface area contributed by atoms with E-state index in [0.29, 0.717) is 0 Å². The summed E-state index contributed by atoms with van der Waals surface area (Å²) in [6, 6.07) is 47.7. The van der Waals surface area contributed by atoms with Crippen molar-refractivity contribution in [2.24, 2.45) is 0 Å². The molecule has 6 aromatic carbocycles. The summed E-state index contributed by atoms with van der Waals surface area (Å²) < 4.78 is 3.79. The van der Waals surface area contributed by atoms with Crippen LogP contribution in [0.4, 0.5) is 0 Å². The van der Waals surface area contributed by atoms with Gasteiger partial charge in [-0.15, -0.1) is 11.3 Å². The molecule has 0 fully saturated rings. The van der Waals surface area contributed by atoms with Crippen LogP contribution in [0.2, 0.25) is 0 Å². The zero-order valence-electron chi connectivity index (χ0n) is 20.9. The van der Waals surface area contributed by atoms with Crippen LogP contribution in [0.3, 0.4) is 0 Å². The van der Waals surface area contributed by atoms with Gasteiger partial charge in [0.2, 0.25) is 0 Å². The Hall–Kier alpha value is -3.98. The molecule has 39 heavy (non-hydrogen) atoms. The monoisotopic (exact) mass is 576 g/mol. The van der Waals surface area contributed by atoms with Crippen LogP contribution in [0.1, 0.15) is 22.3 Å². The van der Waals surface area contributed by atoms with Crippen molar-refractivity contribution in [2.45, 2.75) is 5.41 Å². The molecule has 1 spiro atoms. The molecule has 7 aromatic rings. The summed E-state index contributed by atoms with van der Waals surface area (Å²) in [5, 5.41) is 2.73. The highest BCUT2D eigenvalue weighted by Crippen LogP contribution is 2.63. The van der Waals surface area contributed by atoms with E-state index in [1.807, 2.05) is 11.3 Å². The van der Waals surface area contributed by atoms with Crippen LogP contribution < -0.4 is 0 Å². The van der Waals surface area contributed by atoms with E-state index in [4.69, 9.17) is 0 Å². The Morgan fingerprint density at radius 3 is 1.87 bits per heavy atom. The van der Waals surface area contributed by atoms with Crippen molar-refractivity contribution in [1.29, 1.82) is 0 Å². The van der Waals surface area contributed by atoms with Crippen LogP contribution in [0.5, 0.6) is 0 Å². The fourth-order valence-corrected chi connectivity index (χ4v) is 8.85. The highest BCUT2D eigenvalue weighted by molar-refractivity contribution is 9.10. The van der Waals surface area contributed by atoms with Crippen LogP contribution >= 0.6 is 27.3 Å². The summed E-state index contributed by atoms with van der Waals surface area (Å²) in [5.74, 6) is 0. The molecule has 182 valence electrons. The van der Waals surface area contributed by atoms with Crippen molar-refractivity contribution in [3.05, 3.63) is 154 Å². The second kappa shape index (κ2) is 7.79. The molecule has 0 nitrogen and oxygen atoms in total. The van der Waals surface area contributed by atoms with Gasteiger partial charge in [-0.3, -0.25) is 0 Å². The molecule has 1 atom stereocenters. The molecule has 1 heterocycles. The molecule has 0 N–H and O–H groups in total. The average molecular weight is 578 g/mol. The van der Waals surface area contributed by atoms with Gasteiger partial charge >= 0.3 is 0 Å². The van der Waals surface area contributed by atoms with Gasteiger partial charge < -0.3 is 0 Å². The lowest BCUT2D eigenvalue weighted by Crippen LogP contribution is -2.29. The second-order valence-electron chi connectivity index (χ2n) is 10.5. The van der Waals surface area contributed by atoms with E-state index >= 15 is 0 Å². The highest BCUT2D eigenvalue weighted by atomic mass is 79.9. The van der Waals surface area contributed by atoms with Gasteiger partial charge in [0, 0.05) is 24.6 Å². The molecule has 0 bridgehead atoms. The predicted molar refractivity (Wildman–Crippen MR) is 169 cm³/mol. The van der Waals surface area contributed by atoms with Crippen LogP contribution in [0, 0.1) is 0 Å². The first-order valence-electron chi connectivity index (χ1n) is 13.3. The highest BCUT2D eigenvalue weighted by Gasteiger charge is 2.50. The van der Waals surface area contributed by atoms with Crippen molar-refractivity contribution in [3.63, 3.8) is 0 Å². The number of rotatable bonds is 0. The number of halogens is 1. The van der Waals surface area contributed by atoms with E-state index in [9.17, 15) is 0 Å². The number of fused-ring (bicyclic) bond motifs is 16. The minimum Gasteiger partial charge on any atom is -0.135 e. The zero-order valence-corrected chi connectivity index (χ0v) is 23.3. The van der Waals surface area contributed by atoms with E-state index in [-0.39, 0.29) is 0 Å². The lowest BCUT2D eigenvalue weighted by atomic mass is 9.66. The Morgan fingerprint density at radius 2 is 1.05 bits per heavy atom. The fraction of sp³-hybridized carbons (Fsp3) is 0.0270. The first-order chi connectivity index (χ1) is 19.3. The van der Waals surface area contributed by atoms with Gasteiger partial charge in [-0.05, 0) is 79.9 Å². The molecule has 0 saturated carbocycles. The first-order valence-corrected chi connectivity index (χ1v) is 14.9. The lowest BCUT2D eigenvalue weighted by molar-refractivity contribution is 0.776. The summed E-state index contributed by atoms with van der Waals surface area (Å²) in [6.45, 7) is 0. The van der Waals surface area contributed by atoms with Crippen molar-refractivity contribution in [3.8, 4) is 33.4 Å². The zero-order chi connectivity index (χ0) is 25.7. The molecule has 2 aliphatic carbocycles. The topological polar surface area (TPSA) is 0 Å². The number of hydrogen-bond acceptors (Lipinski definition) is 1. The molecule has 9 rings (SSSR count). The molecule has 1 unspecified atom stereocenters. The van der Waals surface area contributed by atoms with E-state index in [1.54, 1.807) is 0 Å². The lowest BCUT2D eigenvalue weighted by Gasteiger charge is -2.35. The Balaban J connectivity index is 1.56. The standard InChI is InChI=1S/C37H21BrS/c38-22-17-18-31-28(21-22)24-10-2-1-9-23(24)25-11-3-6-14-29(25)37(31)30-15-7-4-12-26(30)35-32(37)19-20-34-36(35)27-13-5-8-16-33(27)39-34/h1-21H. The van der Waals surface area contributed by atoms with Crippen LogP contribution in [-0.2, 0) is 5.41 Å². The maximum Gasteiger partial charge on any atom is 0.0725 e. The Kier molecular flexibility index (Phi) is 4.37. The third-order valence-electron chi connectivity index (χ3n) is 8.77. The molecule has 1 aromatic heterocycles. The Bertz CT molecular complexity index is 2150. The normalized spacial score (nSPS) is 16.4. The summed E-state index contributed by atoms with van der Waals surface area (Å²) in [4.78, 5) is 0. The van der Waals surface area contributed by atoms with Crippen molar-refractivity contribution in [1.82, 2.24) is 0 Å². The van der Waals surface area contributed by atoms with Crippen LogP contribution in [0.15, 0.2) is 132 Å². The van der Waals surface area contributed by atoms with E-state index < -0.39 is 5.41 Å². The quantitative estimate of drug-likeness (QED) is 0.168. The molecular weight excluding hydrogens is 556 g/mol. The molecule has 0 aliphatic heterocycles. The summed E-state index contributed by atoms with van der Waals surface area (Å²) in [7, 11) is 0. The third-order valence-corrected chi connectivity index (χ3v) is 10.4. The first kappa shape index (κ1) is 21.9. The fourth-order valence-electron chi connectivity index (χ4n) is 7.37. The van der Waals surface area contributed by atoms with Gasteiger partial charge in [0.15, 0.2) is 0 Å². The van der Waals surface area contributed by atoms with E-state index in [2.05, 4.69) is 143 Å². The predicted octanol–water partition coefficient (Wildman–Crippen LogP) is 10.8. The number of benzene rings is 6. The minimum atomic E-state index is -0.436. The third kappa shape index (κ3) is 2.68. The van der Waals surface area contributed by atoms with E-state index in [1.165, 1.54) is 75.8 Å². The van der Waals surface area contributed by atoms with Crippen molar-refractivity contribution in [2.75, 3.05) is 0 Å². The average Bonchev–Trinajstić information content (AvgIpc) is 3.48. The summed E-state index contributed by atoms with van der Waals surface area (Å²) in [6.07, 6.45) is 0. The molecule has 2 heteroatoms. The molecule has 0 amide bonds. The minimum absolute atomic E-state index is 0.436. The maximum atomic E-state index is 3.82. The number of thiophene rings is 1. The molecule has 0 radical (unpaired) electrons. The van der Waals surface area contributed by atoms with E-state index in [0.717, 1.165) is 4.47 Å². The Morgan fingerprint density at radius 1 is 0.462 bits per heavy atom. The smallest absolute Gasteiger partial charge is 0.0725 e.